The molecule has 2 aliphatic heterocycles. The fourth-order valence-electron chi connectivity index (χ4n) is 3.26. The van der Waals surface area contributed by atoms with E-state index in [1.165, 1.54) is 11.1 Å². The molecular weight excluding hydrogens is 286 g/mol. The minimum atomic E-state index is -2.78. The lowest BCUT2D eigenvalue weighted by Gasteiger charge is -2.20. The van der Waals surface area contributed by atoms with Crippen LogP contribution in [0.2, 0.25) is 0 Å². The number of hydrogen-bond acceptors (Lipinski definition) is 4. The van der Waals surface area contributed by atoms with E-state index < -0.39 is 9.84 Å². The summed E-state index contributed by atoms with van der Waals surface area (Å²) in [5.41, 5.74) is 2.57. The Labute approximate surface area is 126 Å². The molecule has 1 aromatic rings. The molecule has 0 aromatic heterocycles. The summed E-state index contributed by atoms with van der Waals surface area (Å²) >= 11 is 0. The third kappa shape index (κ3) is 3.40. The maximum absolute atomic E-state index is 11.5. The summed E-state index contributed by atoms with van der Waals surface area (Å²) in [6, 6.07) is 6.70. The van der Waals surface area contributed by atoms with Crippen LogP contribution in [0.25, 0.3) is 0 Å². The van der Waals surface area contributed by atoms with Gasteiger partial charge in [-0.25, -0.2) is 8.42 Å². The van der Waals surface area contributed by atoms with E-state index >= 15 is 0 Å². The molecule has 21 heavy (non-hydrogen) atoms. The van der Waals surface area contributed by atoms with Crippen LogP contribution in [-0.4, -0.2) is 33.1 Å². The van der Waals surface area contributed by atoms with Crippen LogP contribution >= 0.6 is 0 Å². The molecule has 0 radical (unpaired) electrons. The molecule has 0 saturated carbocycles. The SMILES string of the molecule is CCC(NCC1CCS(=O)(=O)C1)c1ccc2c(c1)CCO2. The van der Waals surface area contributed by atoms with Crippen LogP contribution in [0.5, 0.6) is 5.75 Å². The standard InChI is InChI=1S/C16H23NO3S/c1-2-15(17-10-12-6-8-21(18,19)11-12)13-3-4-16-14(9-13)5-7-20-16/h3-4,9,12,15,17H,2,5-8,10-11H2,1H3. The molecule has 2 heterocycles. The molecule has 5 heteroatoms. The summed E-state index contributed by atoms with van der Waals surface area (Å²) in [6.45, 7) is 3.72. The normalized spacial score (nSPS) is 24.5. The van der Waals surface area contributed by atoms with Gasteiger partial charge in [0.25, 0.3) is 0 Å². The van der Waals surface area contributed by atoms with E-state index in [-0.39, 0.29) is 5.92 Å². The number of ether oxygens (including phenoxy) is 1. The molecule has 116 valence electrons. The van der Waals surface area contributed by atoms with Gasteiger partial charge in [-0.15, -0.1) is 0 Å². The fraction of sp³-hybridized carbons (Fsp3) is 0.625. The van der Waals surface area contributed by atoms with E-state index in [2.05, 4.69) is 30.4 Å². The van der Waals surface area contributed by atoms with E-state index in [0.717, 1.165) is 38.2 Å². The molecule has 3 rings (SSSR count). The van der Waals surface area contributed by atoms with Crippen molar-refractivity contribution >= 4 is 9.84 Å². The molecule has 4 nitrogen and oxygen atoms in total. The molecule has 0 spiro atoms. The van der Waals surface area contributed by atoms with Gasteiger partial charge >= 0.3 is 0 Å². The number of sulfone groups is 1. The molecule has 2 atom stereocenters. The van der Waals surface area contributed by atoms with Crippen LogP contribution in [0.1, 0.15) is 36.9 Å². The average molecular weight is 309 g/mol. The third-order valence-electron chi connectivity index (χ3n) is 4.50. The van der Waals surface area contributed by atoms with Crippen molar-refractivity contribution in [2.24, 2.45) is 5.92 Å². The Hall–Kier alpha value is -1.07. The Morgan fingerprint density at radius 3 is 3.00 bits per heavy atom. The van der Waals surface area contributed by atoms with Gasteiger partial charge in [-0.2, -0.15) is 0 Å². The summed E-state index contributed by atoms with van der Waals surface area (Å²) in [7, 11) is -2.78. The van der Waals surface area contributed by atoms with E-state index in [9.17, 15) is 8.42 Å². The molecular formula is C16H23NO3S. The monoisotopic (exact) mass is 309 g/mol. The van der Waals surface area contributed by atoms with Gasteiger partial charge in [0, 0.05) is 12.5 Å². The average Bonchev–Trinajstić information content (AvgIpc) is 3.05. The second kappa shape index (κ2) is 5.97. The van der Waals surface area contributed by atoms with Crippen molar-refractivity contribution in [2.75, 3.05) is 24.7 Å². The number of rotatable bonds is 5. The van der Waals surface area contributed by atoms with Crippen molar-refractivity contribution in [3.63, 3.8) is 0 Å². The maximum Gasteiger partial charge on any atom is 0.150 e. The van der Waals surface area contributed by atoms with Crippen LogP contribution in [0.15, 0.2) is 18.2 Å². The zero-order chi connectivity index (χ0) is 14.9. The first kappa shape index (κ1) is 14.9. The minimum Gasteiger partial charge on any atom is -0.493 e. The molecule has 2 unspecified atom stereocenters. The minimum absolute atomic E-state index is 0.266. The van der Waals surface area contributed by atoms with Crippen molar-refractivity contribution in [1.29, 1.82) is 0 Å². The van der Waals surface area contributed by atoms with Crippen molar-refractivity contribution < 1.29 is 13.2 Å². The van der Waals surface area contributed by atoms with E-state index in [4.69, 9.17) is 4.74 Å². The highest BCUT2D eigenvalue weighted by Crippen LogP contribution is 2.29. The third-order valence-corrected chi connectivity index (χ3v) is 6.34. The molecule has 1 aromatic carbocycles. The summed E-state index contributed by atoms with van der Waals surface area (Å²) in [6.07, 6.45) is 2.78. The van der Waals surface area contributed by atoms with Gasteiger partial charge in [0.1, 0.15) is 5.75 Å². The van der Waals surface area contributed by atoms with Crippen molar-refractivity contribution in [2.45, 2.75) is 32.2 Å². The lowest BCUT2D eigenvalue weighted by Crippen LogP contribution is -2.27. The Kier molecular flexibility index (Phi) is 4.22. The van der Waals surface area contributed by atoms with E-state index in [0.29, 0.717) is 17.5 Å². The van der Waals surface area contributed by atoms with Crippen LogP contribution in [-0.2, 0) is 16.3 Å². The Morgan fingerprint density at radius 1 is 1.43 bits per heavy atom. The summed E-state index contributed by atoms with van der Waals surface area (Å²) < 4.78 is 28.6. The molecule has 0 bridgehead atoms. The van der Waals surface area contributed by atoms with Crippen molar-refractivity contribution in [1.82, 2.24) is 5.32 Å². The van der Waals surface area contributed by atoms with Gasteiger partial charge in [0.15, 0.2) is 9.84 Å². The van der Waals surface area contributed by atoms with Crippen LogP contribution in [0.4, 0.5) is 0 Å². The lowest BCUT2D eigenvalue weighted by molar-refractivity contribution is 0.356. The summed E-state index contributed by atoms with van der Waals surface area (Å²) in [5.74, 6) is 1.97. The summed E-state index contributed by atoms with van der Waals surface area (Å²) in [4.78, 5) is 0. The smallest absolute Gasteiger partial charge is 0.150 e. The van der Waals surface area contributed by atoms with E-state index in [1.54, 1.807) is 0 Å². The lowest BCUT2D eigenvalue weighted by atomic mass is 10.00. The zero-order valence-electron chi connectivity index (χ0n) is 12.5. The first-order valence-electron chi connectivity index (χ1n) is 7.77. The topological polar surface area (TPSA) is 55.4 Å². The van der Waals surface area contributed by atoms with Crippen molar-refractivity contribution in [3.05, 3.63) is 29.3 Å². The first-order valence-corrected chi connectivity index (χ1v) is 9.59. The fourth-order valence-corrected chi connectivity index (χ4v) is 5.12. The number of benzene rings is 1. The molecule has 1 fully saturated rings. The highest BCUT2D eigenvalue weighted by atomic mass is 32.2. The predicted molar refractivity (Wildman–Crippen MR) is 83.4 cm³/mol. The molecule has 0 aliphatic carbocycles. The quantitative estimate of drug-likeness (QED) is 0.905. The van der Waals surface area contributed by atoms with Gasteiger partial charge < -0.3 is 10.1 Å². The Bertz CT molecular complexity index is 612. The van der Waals surface area contributed by atoms with Crippen LogP contribution in [0.3, 0.4) is 0 Å². The van der Waals surface area contributed by atoms with E-state index in [1.807, 2.05) is 0 Å². The number of hydrogen-bond donors (Lipinski definition) is 1. The Balaban J connectivity index is 1.63. The van der Waals surface area contributed by atoms with Crippen LogP contribution < -0.4 is 10.1 Å². The second-order valence-electron chi connectivity index (χ2n) is 6.10. The highest BCUT2D eigenvalue weighted by Gasteiger charge is 2.28. The zero-order valence-corrected chi connectivity index (χ0v) is 13.3. The molecule has 1 N–H and O–H groups in total. The van der Waals surface area contributed by atoms with Gasteiger partial charge in [-0.05, 0) is 42.5 Å². The number of nitrogens with one attached hydrogen (secondary N) is 1. The van der Waals surface area contributed by atoms with Crippen LogP contribution in [0, 0.1) is 5.92 Å². The van der Waals surface area contributed by atoms with Gasteiger partial charge in [-0.3, -0.25) is 0 Å². The van der Waals surface area contributed by atoms with Gasteiger partial charge in [0.2, 0.25) is 0 Å². The molecule has 1 saturated heterocycles. The van der Waals surface area contributed by atoms with Crippen molar-refractivity contribution in [3.8, 4) is 5.75 Å². The van der Waals surface area contributed by atoms with Gasteiger partial charge in [-0.1, -0.05) is 19.1 Å². The summed E-state index contributed by atoms with van der Waals surface area (Å²) in [5, 5.41) is 3.55. The predicted octanol–water partition coefficient (Wildman–Crippen LogP) is 2.10. The molecule has 2 aliphatic rings. The molecule has 0 amide bonds. The number of fused-ring (bicyclic) bond motifs is 1. The van der Waals surface area contributed by atoms with Gasteiger partial charge in [0.05, 0.1) is 18.1 Å². The first-order chi connectivity index (χ1) is 10.1. The maximum atomic E-state index is 11.5. The second-order valence-corrected chi connectivity index (χ2v) is 8.33. The Morgan fingerprint density at radius 2 is 2.29 bits per heavy atom. The highest BCUT2D eigenvalue weighted by molar-refractivity contribution is 7.91. The largest absolute Gasteiger partial charge is 0.493 e.